The Labute approximate surface area is 104 Å². The molecule has 17 heavy (non-hydrogen) atoms. The fourth-order valence-corrected chi connectivity index (χ4v) is 3.59. The van der Waals surface area contributed by atoms with Crippen molar-refractivity contribution in [3.63, 3.8) is 0 Å². The van der Waals surface area contributed by atoms with Crippen molar-refractivity contribution in [2.75, 3.05) is 39.4 Å². The maximum absolute atomic E-state index is 6.14. The molecule has 2 aliphatic heterocycles. The zero-order valence-corrected chi connectivity index (χ0v) is 10.9. The first-order chi connectivity index (χ1) is 8.25. The van der Waals surface area contributed by atoms with Crippen LogP contribution in [0, 0.1) is 0 Å². The summed E-state index contributed by atoms with van der Waals surface area (Å²) in [6, 6.07) is 1.39. The molecular weight excluding hydrogens is 214 g/mol. The number of rotatable bonds is 3. The lowest BCUT2D eigenvalue weighted by Crippen LogP contribution is -2.62. The van der Waals surface area contributed by atoms with Gasteiger partial charge in [-0.05, 0) is 26.2 Å². The Morgan fingerprint density at radius 1 is 1.35 bits per heavy atom. The third-order valence-corrected chi connectivity index (χ3v) is 4.78. The largest absolute Gasteiger partial charge is 0.379 e. The molecule has 1 aliphatic carbocycles. The summed E-state index contributed by atoms with van der Waals surface area (Å²) in [6.45, 7) is 8.28. The Morgan fingerprint density at radius 3 is 2.82 bits per heavy atom. The minimum Gasteiger partial charge on any atom is -0.379 e. The Morgan fingerprint density at radius 2 is 2.18 bits per heavy atom. The molecule has 0 bridgehead atoms. The van der Waals surface area contributed by atoms with Gasteiger partial charge in [-0.2, -0.15) is 0 Å². The minimum atomic E-state index is 0.228. The summed E-state index contributed by atoms with van der Waals surface area (Å²) >= 11 is 0. The molecule has 0 radical (unpaired) electrons. The van der Waals surface area contributed by atoms with E-state index in [4.69, 9.17) is 10.5 Å². The summed E-state index contributed by atoms with van der Waals surface area (Å²) in [6.07, 6.45) is 4.04. The summed E-state index contributed by atoms with van der Waals surface area (Å²) in [5, 5.41) is 0. The second kappa shape index (κ2) is 4.50. The second-order valence-electron chi connectivity index (χ2n) is 6.00. The lowest BCUT2D eigenvalue weighted by Gasteiger charge is -2.46. The van der Waals surface area contributed by atoms with Crippen LogP contribution in [0.25, 0.3) is 0 Å². The molecule has 1 saturated carbocycles. The van der Waals surface area contributed by atoms with E-state index in [1.165, 1.54) is 32.4 Å². The third kappa shape index (κ3) is 2.12. The van der Waals surface area contributed by atoms with Crippen LogP contribution in [0.5, 0.6) is 0 Å². The number of hydrogen-bond donors (Lipinski definition) is 1. The van der Waals surface area contributed by atoms with Crippen LogP contribution < -0.4 is 5.73 Å². The fraction of sp³-hybridized carbons (Fsp3) is 1.00. The van der Waals surface area contributed by atoms with Gasteiger partial charge in [0.2, 0.25) is 0 Å². The highest BCUT2D eigenvalue weighted by Crippen LogP contribution is 2.36. The maximum Gasteiger partial charge on any atom is 0.0620 e. The van der Waals surface area contributed by atoms with Crippen LogP contribution in [0.2, 0.25) is 0 Å². The molecule has 0 amide bonds. The fourth-order valence-electron chi connectivity index (χ4n) is 3.59. The lowest BCUT2D eigenvalue weighted by molar-refractivity contribution is -0.0533. The van der Waals surface area contributed by atoms with Gasteiger partial charge in [0, 0.05) is 43.8 Å². The molecule has 0 aromatic carbocycles. The van der Waals surface area contributed by atoms with Crippen LogP contribution in [0.1, 0.15) is 26.2 Å². The Bertz CT molecular complexity index is 282. The van der Waals surface area contributed by atoms with Crippen molar-refractivity contribution >= 4 is 0 Å². The first-order valence-corrected chi connectivity index (χ1v) is 7.04. The number of ether oxygens (including phenoxy) is 1. The molecule has 4 nitrogen and oxygen atoms in total. The third-order valence-electron chi connectivity index (χ3n) is 4.78. The van der Waals surface area contributed by atoms with E-state index < -0.39 is 0 Å². The van der Waals surface area contributed by atoms with Gasteiger partial charge in [-0.1, -0.05) is 0 Å². The first kappa shape index (κ1) is 11.9. The van der Waals surface area contributed by atoms with Gasteiger partial charge in [-0.15, -0.1) is 0 Å². The molecular formula is C13H25N3O. The zero-order chi connectivity index (χ0) is 11.9. The molecule has 2 heterocycles. The van der Waals surface area contributed by atoms with E-state index in [-0.39, 0.29) is 5.54 Å². The van der Waals surface area contributed by atoms with Crippen molar-refractivity contribution in [2.24, 2.45) is 5.73 Å². The van der Waals surface area contributed by atoms with Gasteiger partial charge in [0.25, 0.3) is 0 Å². The van der Waals surface area contributed by atoms with E-state index in [0.29, 0.717) is 6.04 Å². The van der Waals surface area contributed by atoms with Crippen molar-refractivity contribution in [1.29, 1.82) is 0 Å². The smallest absolute Gasteiger partial charge is 0.0620 e. The van der Waals surface area contributed by atoms with Crippen molar-refractivity contribution in [1.82, 2.24) is 9.80 Å². The van der Waals surface area contributed by atoms with Crippen molar-refractivity contribution in [3.05, 3.63) is 0 Å². The van der Waals surface area contributed by atoms with Crippen molar-refractivity contribution < 1.29 is 4.74 Å². The summed E-state index contributed by atoms with van der Waals surface area (Å²) in [4.78, 5) is 5.29. The zero-order valence-electron chi connectivity index (χ0n) is 10.9. The summed E-state index contributed by atoms with van der Waals surface area (Å²) < 4.78 is 5.55. The monoisotopic (exact) mass is 239 g/mol. The van der Waals surface area contributed by atoms with Crippen LogP contribution in [-0.2, 0) is 4.74 Å². The summed E-state index contributed by atoms with van der Waals surface area (Å²) in [7, 11) is 0. The molecule has 0 aromatic heterocycles. The average Bonchev–Trinajstić information content (AvgIpc) is 3.11. The summed E-state index contributed by atoms with van der Waals surface area (Å²) in [5.41, 5.74) is 6.36. The molecule has 0 aromatic rings. The first-order valence-electron chi connectivity index (χ1n) is 7.04. The van der Waals surface area contributed by atoms with Crippen molar-refractivity contribution in [3.8, 4) is 0 Å². The van der Waals surface area contributed by atoms with E-state index >= 15 is 0 Å². The van der Waals surface area contributed by atoms with Gasteiger partial charge in [0.1, 0.15) is 0 Å². The molecule has 2 saturated heterocycles. The van der Waals surface area contributed by atoms with E-state index in [1.54, 1.807) is 0 Å². The molecule has 98 valence electrons. The molecule has 3 rings (SSSR count). The standard InChI is InChI=1S/C13H25N3O/c1-11-8-17-7-6-16(11)13(9-14)4-5-15(10-13)12-2-3-12/h11-12H,2-10,14H2,1H3. The Hall–Kier alpha value is -0.160. The van der Waals surface area contributed by atoms with Gasteiger partial charge >= 0.3 is 0 Å². The lowest BCUT2D eigenvalue weighted by atomic mass is 9.93. The van der Waals surface area contributed by atoms with E-state index in [2.05, 4.69) is 16.7 Å². The molecule has 2 atom stereocenters. The van der Waals surface area contributed by atoms with Gasteiger partial charge in [0.15, 0.2) is 0 Å². The maximum atomic E-state index is 6.14. The van der Waals surface area contributed by atoms with Gasteiger partial charge in [0.05, 0.1) is 13.2 Å². The van der Waals surface area contributed by atoms with Gasteiger partial charge < -0.3 is 10.5 Å². The Balaban J connectivity index is 1.72. The molecule has 0 spiro atoms. The molecule has 3 fully saturated rings. The number of hydrogen-bond acceptors (Lipinski definition) is 4. The van der Waals surface area contributed by atoms with Crippen LogP contribution in [0.15, 0.2) is 0 Å². The van der Waals surface area contributed by atoms with E-state index in [0.717, 1.165) is 32.3 Å². The van der Waals surface area contributed by atoms with Crippen LogP contribution in [-0.4, -0.2) is 66.8 Å². The van der Waals surface area contributed by atoms with Crippen LogP contribution >= 0.6 is 0 Å². The quantitative estimate of drug-likeness (QED) is 0.768. The topological polar surface area (TPSA) is 41.7 Å². The molecule has 2 unspecified atom stereocenters. The van der Waals surface area contributed by atoms with Gasteiger partial charge in [-0.3, -0.25) is 9.80 Å². The predicted octanol–water partition coefficient (Wildman–Crippen LogP) is 0.273. The number of likely N-dealkylation sites (tertiary alicyclic amines) is 1. The minimum absolute atomic E-state index is 0.228. The van der Waals surface area contributed by atoms with Crippen LogP contribution in [0.4, 0.5) is 0 Å². The van der Waals surface area contributed by atoms with E-state index in [9.17, 15) is 0 Å². The molecule has 3 aliphatic rings. The van der Waals surface area contributed by atoms with E-state index in [1.807, 2.05) is 0 Å². The highest BCUT2D eigenvalue weighted by molar-refractivity contribution is 5.05. The Kier molecular flexibility index (Phi) is 3.15. The molecule has 2 N–H and O–H groups in total. The predicted molar refractivity (Wildman–Crippen MR) is 68.0 cm³/mol. The normalized spacial score (nSPS) is 40.9. The van der Waals surface area contributed by atoms with Crippen molar-refractivity contribution in [2.45, 2.75) is 43.8 Å². The molecule has 4 heteroatoms. The number of nitrogens with zero attached hydrogens (tertiary/aromatic N) is 2. The number of morpholine rings is 1. The highest BCUT2D eigenvalue weighted by atomic mass is 16.5. The van der Waals surface area contributed by atoms with Gasteiger partial charge in [-0.25, -0.2) is 0 Å². The average molecular weight is 239 g/mol. The van der Waals surface area contributed by atoms with Crippen LogP contribution in [0.3, 0.4) is 0 Å². The second-order valence-corrected chi connectivity index (χ2v) is 6.00. The highest BCUT2D eigenvalue weighted by Gasteiger charge is 2.47. The summed E-state index contributed by atoms with van der Waals surface area (Å²) in [5.74, 6) is 0. The number of nitrogens with two attached hydrogens (primary N) is 1. The SMILES string of the molecule is CC1COCCN1C1(CN)CCN(C2CC2)C1.